The number of esters is 1. The highest BCUT2D eigenvalue weighted by atomic mass is 16.5. The SMILES string of the molecule is CCCCCCCCCCCCCCCCCCC(O)C(CO)NC(=O)CCCCCCCCC/C=C\CCCCCCCCCCOC(=O)CCCCCCCCCCCCC. The molecule has 0 saturated carbocycles. The molecule has 0 aliphatic heterocycles. The molecule has 6 nitrogen and oxygen atoms in total. The molecule has 0 aromatic carbocycles. The molecule has 1 amide bonds. The van der Waals surface area contributed by atoms with E-state index in [1.165, 1.54) is 238 Å². The van der Waals surface area contributed by atoms with Crippen LogP contribution >= 0.6 is 0 Å². The molecule has 0 spiro atoms. The van der Waals surface area contributed by atoms with Crippen molar-refractivity contribution in [3.05, 3.63) is 12.2 Å². The zero-order chi connectivity index (χ0) is 45.8. The first kappa shape index (κ1) is 61.6. The molecule has 63 heavy (non-hydrogen) atoms. The topological polar surface area (TPSA) is 95.9 Å². The fourth-order valence-corrected chi connectivity index (χ4v) is 8.93. The zero-order valence-electron chi connectivity index (χ0n) is 42.6. The number of aliphatic hydroxyl groups excluding tert-OH is 2. The molecule has 0 rings (SSSR count). The highest BCUT2D eigenvalue weighted by molar-refractivity contribution is 5.76. The van der Waals surface area contributed by atoms with E-state index in [0.29, 0.717) is 25.9 Å². The van der Waals surface area contributed by atoms with E-state index in [4.69, 9.17) is 4.74 Å². The third-order valence-electron chi connectivity index (χ3n) is 13.3. The maximum Gasteiger partial charge on any atom is 0.305 e. The van der Waals surface area contributed by atoms with Crippen molar-refractivity contribution in [2.24, 2.45) is 0 Å². The highest BCUT2D eigenvalue weighted by Crippen LogP contribution is 2.17. The minimum absolute atomic E-state index is 0.00408. The number of carbonyl (C=O) groups excluding carboxylic acids is 2. The molecule has 0 aromatic rings. The fourth-order valence-electron chi connectivity index (χ4n) is 8.93. The summed E-state index contributed by atoms with van der Waals surface area (Å²) in [6.07, 6.45) is 62.0. The van der Waals surface area contributed by atoms with Gasteiger partial charge in [-0.05, 0) is 51.4 Å². The van der Waals surface area contributed by atoms with E-state index in [0.717, 1.165) is 44.9 Å². The van der Waals surface area contributed by atoms with E-state index in [9.17, 15) is 19.8 Å². The number of allylic oxidation sites excluding steroid dienone is 2. The summed E-state index contributed by atoms with van der Waals surface area (Å²) in [7, 11) is 0. The second-order valence-electron chi connectivity index (χ2n) is 19.6. The molecule has 0 aliphatic carbocycles. The first-order valence-electron chi connectivity index (χ1n) is 28.4. The summed E-state index contributed by atoms with van der Waals surface area (Å²) in [6, 6.07) is -0.547. The van der Waals surface area contributed by atoms with Crippen molar-refractivity contribution in [3.8, 4) is 0 Å². The van der Waals surface area contributed by atoms with Gasteiger partial charge in [0, 0.05) is 12.8 Å². The Hall–Kier alpha value is -1.40. The summed E-state index contributed by atoms with van der Waals surface area (Å²) in [5.74, 6) is -0.0384. The number of hydrogen-bond donors (Lipinski definition) is 3. The van der Waals surface area contributed by atoms with Crippen LogP contribution in [0.15, 0.2) is 12.2 Å². The molecule has 0 fully saturated rings. The van der Waals surface area contributed by atoms with Crippen LogP contribution in [0.2, 0.25) is 0 Å². The lowest BCUT2D eigenvalue weighted by Gasteiger charge is -2.22. The molecule has 6 heteroatoms. The standard InChI is InChI=1S/C57H111NO5/c1-3-5-7-9-11-13-15-16-17-23-26-30-33-37-41-45-49-55(60)54(53-59)58-56(61)50-46-42-38-34-31-27-24-21-19-18-20-22-25-28-32-36-40-44-48-52-63-57(62)51-47-43-39-35-29-14-12-10-8-6-4-2/h18-19,54-55,59-60H,3-17,20-53H2,1-2H3,(H,58,61)/b19-18-. The maximum atomic E-state index is 12.5. The Balaban J connectivity index is 3.44. The summed E-state index contributed by atoms with van der Waals surface area (Å²) >= 11 is 0. The van der Waals surface area contributed by atoms with Gasteiger partial charge in [-0.3, -0.25) is 9.59 Å². The third-order valence-corrected chi connectivity index (χ3v) is 13.3. The van der Waals surface area contributed by atoms with Crippen molar-refractivity contribution in [3.63, 3.8) is 0 Å². The van der Waals surface area contributed by atoms with Crippen LogP contribution in [0.3, 0.4) is 0 Å². The predicted molar refractivity (Wildman–Crippen MR) is 273 cm³/mol. The van der Waals surface area contributed by atoms with Gasteiger partial charge in [0.1, 0.15) is 0 Å². The van der Waals surface area contributed by atoms with Crippen LogP contribution in [0.4, 0.5) is 0 Å². The first-order chi connectivity index (χ1) is 31.0. The Kier molecular flexibility index (Phi) is 52.0. The van der Waals surface area contributed by atoms with E-state index in [-0.39, 0.29) is 18.5 Å². The number of unbranched alkanes of at least 4 members (excludes halogenated alkanes) is 40. The molecule has 2 unspecified atom stereocenters. The minimum Gasteiger partial charge on any atom is -0.466 e. The highest BCUT2D eigenvalue weighted by Gasteiger charge is 2.20. The van der Waals surface area contributed by atoms with Crippen LogP contribution in [-0.2, 0) is 14.3 Å². The van der Waals surface area contributed by atoms with Crippen LogP contribution in [0, 0.1) is 0 Å². The Labute approximate surface area is 393 Å². The van der Waals surface area contributed by atoms with Gasteiger partial charge in [0.15, 0.2) is 0 Å². The molecule has 0 saturated heterocycles. The Morgan fingerprint density at radius 3 is 1.13 bits per heavy atom. The number of carbonyl (C=O) groups is 2. The van der Waals surface area contributed by atoms with E-state index >= 15 is 0 Å². The monoisotopic (exact) mass is 890 g/mol. The van der Waals surface area contributed by atoms with Crippen molar-refractivity contribution < 1.29 is 24.5 Å². The minimum atomic E-state index is -0.669. The van der Waals surface area contributed by atoms with Crippen molar-refractivity contribution in [2.75, 3.05) is 13.2 Å². The van der Waals surface area contributed by atoms with E-state index in [1.807, 2.05) is 0 Å². The molecule has 0 aliphatic rings. The molecule has 0 bridgehead atoms. The van der Waals surface area contributed by atoms with Gasteiger partial charge in [-0.15, -0.1) is 0 Å². The van der Waals surface area contributed by atoms with Crippen molar-refractivity contribution in [2.45, 2.75) is 328 Å². The van der Waals surface area contributed by atoms with Crippen LogP contribution in [0.1, 0.15) is 316 Å². The lowest BCUT2D eigenvalue weighted by Crippen LogP contribution is -2.45. The maximum absolute atomic E-state index is 12.5. The number of aliphatic hydroxyl groups is 2. The second-order valence-corrected chi connectivity index (χ2v) is 19.6. The van der Waals surface area contributed by atoms with Gasteiger partial charge in [-0.25, -0.2) is 0 Å². The van der Waals surface area contributed by atoms with Gasteiger partial charge in [0.05, 0.1) is 25.4 Å². The largest absolute Gasteiger partial charge is 0.466 e. The van der Waals surface area contributed by atoms with E-state index in [1.54, 1.807) is 0 Å². The molecule has 0 aromatic heterocycles. The third kappa shape index (κ3) is 49.9. The van der Waals surface area contributed by atoms with Crippen molar-refractivity contribution in [1.82, 2.24) is 5.32 Å². The zero-order valence-corrected chi connectivity index (χ0v) is 42.6. The molecule has 374 valence electrons. The average molecular weight is 891 g/mol. The van der Waals surface area contributed by atoms with Gasteiger partial charge < -0.3 is 20.3 Å². The summed E-state index contributed by atoms with van der Waals surface area (Å²) in [4.78, 5) is 24.5. The smallest absolute Gasteiger partial charge is 0.305 e. The summed E-state index contributed by atoms with van der Waals surface area (Å²) in [5, 5.41) is 23.3. The molecule has 0 radical (unpaired) electrons. The normalized spacial score (nSPS) is 12.6. The van der Waals surface area contributed by atoms with Crippen LogP contribution in [-0.4, -0.2) is 47.4 Å². The van der Waals surface area contributed by atoms with Crippen LogP contribution in [0.25, 0.3) is 0 Å². The van der Waals surface area contributed by atoms with Gasteiger partial charge in [-0.2, -0.15) is 0 Å². The lowest BCUT2D eigenvalue weighted by atomic mass is 10.0. The Morgan fingerprint density at radius 1 is 0.429 bits per heavy atom. The molecule has 0 heterocycles. The summed E-state index contributed by atoms with van der Waals surface area (Å²) < 4.78 is 5.45. The fraction of sp³-hybridized carbons (Fsp3) is 0.930. The number of rotatable bonds is 53. The number of nitrogens with one attached hydrogen (secondary N) is 1. The predicted octanol–water partition coefficient (Wildman–Crippen LogP) is 17.3. The van der Waals surface area contributed by atoms with Crippen LogP contribution < -0.4 is 5.32 Å². The van der Waals surface area contributed by atoms with Crippen LogP contribution in [0.5, 0.6) is 0 Å². The molecular formula is C57H111NO5. The van der Waals surface area contributed by atoms with E-state index < -0.39 is 12.1 Å². The number of ether oxygens (including phenoxy) is 1. The molecular weight excluding hydrogens is 779 g/mol. The van der Waals surface area contributed by atoms with E-state index in [2.05, 4.69) is 31.3 Å². The van der Waals surface area contributed by atoms with Crippen molar-refractivity contribution in [1.29, 1.82) is 0 Å². The van der Waals surface area contributed by atoms with Gasteiger partial charge in [0.2, 0.25) is 5.91 Å². The summed E-state index contributed by atoms with van der Waals surface area (Å²) in [6.45, 7) is 4.95. The number of amides is 1. The Morgan fingerprint density at radius 2 is 0.746 bits per heavy atom. The van der Waals surface area contributed by atoms with Gasteiger partial charge in [0.25, 0.3) is 0 Å². The Bertz CT molecular complexity index is 939. The number of hydrogen-bond acceptors (Lipinski definition) is 5. The van der Waals surface area contributed by atoms with Gasteiger partial charge >= 0.3 is 5.97 Å². The summed E-state index contributed by atoms with van der Waals surface area (Å²) in [5.41, 5.74) is 0. The molecule has 2 atom stereocenters. The van der Waals surface area contributed by atoms with Gasteiger partial charge in [-0.1, -0.05) is 264 Å². The molecule has 3 N–H and O–H groups in total. The second kappa shape index (κ2) is 53.2. The first-order valence-corrected chi connectivity index (χ1v) is 28.4. The lowest BCUT2D eigenvalue weighted by molar-refractivity contribution is -0.143. The quantitative estimate of drug-likeness (QED) is 0.0321. The average Bonchev–Trinajstić information content (AvgIpc) is 3.28. The van der Waals surface area contributed by atoms with Crippen molar-refractivity contribution >= 4 is 11.9 Å².